The number of halogens is 2. The molecule has 18 heavy (non-hydrogen) atoms. The van der Waals surface area contributed by atoms with Gasteiger partial charge >= 0.3 is 0 Å². The van der Waals surface area contributed by atoms with Crippen molar-refractivity contribution in [1.82, 2.24) is 4.90 Å². The van der Waals surface area contributed by atoms with Crippen molar-refractivity contribution in [2.45, 2.75) is 25.4 Å². The van der Waals surface area contributed by atoms with Crippen molar-refractivity contribution in [2.75, 3.05) is 13.1 Å². The van der Waals surface area contributed by atoms with E-state index in [0.717, 1.165) is 34.4 Å². The van der Waals surface area contributed by atoms with Gasteiger partial charge in [-0.15, -0.1) is 0 Å². The molecule has 98 valence electrons. The van der Waals surface area contributed by atoms with E-state index in [-0.39, 0.29) is 0 Å². The Morgan fingerprint density at radius 1 is 1.33 bits per heavy atom. The second-order valence-corrected chi connectivity index (χ2v) is 6.89. The van der Waals surface area contributed by atoms with Gasteiger partial charge in [-0.1, -0.05) is 33.6 Å². The number of nitrogens with zero attached hydrogens (tertiary/aromatic N) is 1. The van der Waals surface area contributed by atoms with Crippen LogP contribution in [0.1, 0.15) is 18.4 Å². The molecule has 1 aromatic rings. The topological polar surface area (TPSA) is 29.3 Å². The van der Waals surface area contributed by atoms with E-state index < -0.39 is 0 Å². The number of fused-ring (bicyclic) bond motifs is 1. The Morgan fingerprint density at radius 2 is 2.17 bits per heavy atom. The second-order valence-electron chi connectivity index (χ2n) is 5.59. The van der Waals surface area contributed by atoms with E-state index in [1.54, 1.807) is 0 Å². The summed E-state index contributed by atoms with van der Waals surface area (Å²) in [5.74, 6) is 1.54. The number of likely N-dealkylation sites (tertiary alicyclic amines) is 1. The molecule has 1 heterocycles. The Balaban J connectivity index is 1.68. The van der Waals surface area contributed by atoms with E-state index in [1.807, 2.05) is 12.1 Å². The standard InChI is InChI=1S/C14H18BrClN2/c15-13-5-11(16)3-1-10(13)7-18-6-9-2-4-14(17)12(9)8-18/h1,3,5,9,12,14H,2,4,6-8,17H2. The first-order valence-electron chi connectivity index (χ1n) is 6.55. The van der Waals surface area contributed by atoms with Gasteiger partial charge in [-0.3, -0.25) is 4.90 Å². The quantitative estimate of drug-likeness (QED) is 0.902. The molecule has 1 saturated carbocycles. The summed E-state index contributed by atoms with van der Waals surface area (Å²) in [6.45, 7) is 3.35. The van der Waals surface area contributed by atoms with E-state index >= 15 is 0 Å². The van der Waals surface area contributed by atoms with E-state index in [9.17, 15) is 0 Å². The fraction of sp³-hybridized carbons (Fsp3) is 0.571. The summed E-state index contributed by atoms with van der Waals surface area (Å²) in [6, 6.07) is 6.47. The Bertz CT molecular complexity index is 451. The molecule has 1 aliphatic heterocycles. The summed E-state index contributed by atoms with van der Waals surface area (Å²) < 4.78 is 1.11. The van der Waals surface area contributed by atoms with Crippen LogP contribution in [-0.4, -0.2) is 24.0 Å². The average molecular weight is 330 g/mol. The maximum Gasteiger partial charge on any atom is 0.0417 e. The van der Waals surface area contributed by atoms with Crippen molar-refractivity contribution in [2.24, 2.45) is 17.6 Å². The lowest BCUT2D eigenvalue weighted by Gasteiger charge is -2.19. The molecule has 2 N–H and O–H groups in total. The molecule has 0 bridgehead atoms. The molecule has 1 saturated heterocycles. The van der Waals surface area contributed by atoms with E-state index in [1.165, 1.54) is 24.9 Å². The minimum absolute atomic E-state index is 0.425. The number of benzene rings is 1. The highest BCUT2D eigenvalue weighted by molar-refractivity contribution is 9.10. The molecule has 0 radical (unpaired) electrons. The third kappa shape index (κ3) is 2.46. The molecule has 0 aromatic heterocycles. The lowest BCUT2D eigenvalue weighted by Crippen LogP contribution is -2.30. The number of hydrogen-bond acceptors (Lipinski definition) is 2. The largest absolute Gasteiger partial charge is 0.327 e. The lowest BCUT2D eigenvalue weighted by atomic mass is 9.98. The minimum Gasteiger partial charge on any atom is -0.327 e. The summed E-state index contributed by atoms with van der Waals surface area (Å²) in [4.78, 5) is 2.53. The van der Waals surface area contributed by atoms with Crippen molar-refractivity contribution in [1.29, 1.82) is 0 Å². The van der Waals surface area contributed by atoms with Crippen LogP contribution in [0.15, 0.2) is 22.7 Å². The van der Waals surface area contributed by atoms with Gasteiger partial charge in [0.15, 0.2) is 0 Å². The fourth-order valence-electron chi connectivity index (χ4n) is 3.42. The van der Waals surface area contributed by atoms with Crippen molar-refractivity contribution >= 4 is 27.5 Å². The highest BCUT2D eigenvalue weighted by Gasteiger charge is 2.40. The Kier molecular flexibility index (Phi) is 3.68. The summed E-state index contributed by atoms with van der Waals surface area (Å²) in [6.07, 6.45) is 2.53. The number of hydrogen-bond donors (Lipinski definition) is 1. The molecule has 2 nitrogen and oxygen atoms in total. The second kappa shape index (κ2) is 5.12. The van der Waals surface area contributed by atoms with Crippen LogP contribution in [0, 0.1) is 11.8 Å². The van der Waals surface area contributed by atoms with Crippen LogP contribution in [0.4, 0.5) is 0 Å². The molecular formula is C14H18BrClN2. The van der Waals surface area contributed by atoms with Crippen LogP contribution < -0.4 is 5.73 Å². The van der Waals surface area contributed by atoms with Crippen molar-refractivity contribution < 1.29 is 0 Å². The fourth-order valence-corrected chi connectivity index (χ4v) is 4.23. The first kappa shape index (κ1) is 12.9. The molecule has 4 heteroatoms. The molecule has 3 rings (SSSR count). The highest BCUT2D eigenvalue weighted by atomic mass is 79.9. The monoisotopic (exact) mass is 328 g/mol. The third-order valence-corrected chi connectivity index (χ3v) is 5.37. The van der Waals surface area contributed by atoms with E-state index in [0.29, 0.717) is 6.04 Å². The SMILES string of the molecule is NC1CCC2CN(Cc3ccc(Cl)cc3Br)CC12. The summed E-state index contributed by atoms with van der Waals surface area (Å²) in [5, 5.41) is 0.783. The maximum absolute atomic E-state index is 6.17. The Hall–Kier alpha value is -0.0900. The first-order chi connectivity index (χ1) is 8.63. The molecular weight excluding hydrogens is 312 g/mol. The Labute approximate surface area is 122 Å². The zero-order valence-corrected chi connectivity index (χ0v) is 12.6. The van der Waals surface area contributed by atoms with Gasteiger partial charge in [-0.25, -0.2) is 0 Å². The minimum atomic E-state index is 0.425. The van der Waals surface area contributed by atoms with Crippen LogP contribution in [0.2, 0.25) is 5.02 Å². The normalized spacial score (nSPS) is 31.8. The summed E-state index contributed by atoms with van der Waals surface area (Å²) in [5.41, 5.74) is 7.48. The smallest absolute Gasteiger partial charge is 0.0417 e. The predicted molar refractivity (Wildman–Crippen MR) is 78.6 cm³/mol. The zero-order valence-electron chi connectivity index (χ0n) is 10.3. The lowest BCUT2D eigenvalue weighted by molar-refractivity contribution is 0.297. The average Bonchev–Trinajstić information content (AvgIpc) is 2.86. The number of nitrogens with two attached hydrogens (primary N) is 1. The van der Waals surface area contributed by atoms with Gasteiger partial charge in [0, 0.05) is 35.2 Å². The zero-order chi connectivity index (χ0) is 12.7. The van der Waals surface area contributed by atoms with Crippen molar-refractivity contribution in [3.63, 3.8) is 0 Å². The van der Waals surface area contributed by atoms with Gasteiger partial charge in [0.2, 0.25) is 0 Å². The van der Waals surface area contributed by atoms with Gasteiger partial charge in [0.05, 0.1) is 0 Å². The molecule has 2 fully saturated rings. The van der Waals surface area contributed by atoms with E-state index in [4.69, 9.17) is 17.3 Å². The van der Waals surface area contributed by atoms with Gasteiger partial charge in [0.25, 0.3) is 0 Å². The molecule has 1 aromatic carbocycles. The highest BCUT2D eigenvalue weighted by Crippen LogP contribution is 2.38. The first-order valence-corrected chi connectivity index (χ1v) is 7.72. The van der Waals surface area contributed by atoms with Crippen LogP contribution >= 0.6 is 27.5 Å². The number of rotatable bonds is 2. The van der Waals surface area contributed by atoms with Gasteiger partial charge in [-0.05, 0) is 42.4 Å². The summed E-state index contributed by atoms with van der Waals surface area (Å²) >= 11 is 9.56. The van der Waals surface area contributed by atoms with Crippen LogP contribution in [0.3, 0.4) is 0 Å². The van der Waals surface area contributed by atoms with Crippen LogP contribution in [0.25, 0.3) is 0 Å². The van der Waals surface area contributed by atoms with Gasteiger partial charge in [-0.2, -0.15) is 0 Å². The van der Waals surface area contributed by atoms with Gasteiger partial charge in [0.1, 0.15) is 0 Å². The third-order valence-electron chi connectivity index (χ3n) is 4.40. The molecule has 0 amide bonds. The molecule has 1 aliphatic carbocycles. The van der Waals surface area contributed by atoms with Crippen molar-refractivity contribution in [3.05, 3.63) is 33.3 Å². The maximum atomic E-state index is 6.17. The molecule has 3 atom stereocenters. The summed E-state index contributed by atoms with van der Waals surface area (Å²) in [7, 11) is 0. The molecule has 3 unspecified atom stereocenters. The van der Waals surface area contributed by atoms with Crippen LogP contribution in [-0.2, 0) is 6.54 Å². The predicted octanol–water partition coefficient (Wildman–Crippen LogP) is 3.27. The van der Waals surface area contributed by atoms with E-state index in [2.05, 4.69) is 26.9 Å². The van der Waals surface area contributed by atoms with Crippen LogP contribution in [0.5, 0.6) is 0 Å². The van der Waals surface area contributed by atoms with Crippen molar-refractivity contribution in [3.8, 4) is 0 Å². The molecule has 0 spiro atoms. The van der Waals surface area contributed by atoms with Gasteiger partial charge < -0.3 is 5.73 Å². The Morgan fingerprint density at radius 3 is 2.89 bits per heavy atom. The molecule has 2 aliphatic rings.